The monoisotopic (exact) mass is 237 g/mol. The summed E-state index contributed by atoms with van der Waals surface area (Å²) in [6.45, 7) is 9.99. The average Bonchev–Trinajstić information content (AvgIpc) is 2.59. The van der Waals surface area contributed by atoms with E-state index in [0.717, 1.165) is 12.2 Å². The molecule has 0 fully saturated rings. The van der Waals surface area contributed by atoms with Crippen LogP contribution in [0.15, 0.2) is 6.20 Å². The highest BCUT2D eigenvalue weighted by Gasteiger charge is 2.21. The van der Waals surface area contributed by atoms with Gasteiger partial charge in [0.15, 0.2) is 0 Å². The van der Waals surface area contributed by atoms with Gasteiger partial charge in [0.05, 0.1) is 5.69 Å². The fourth-order valence-corrected chi connectivity index (χ4v) is 2.46. The fourth-order valence-electron chi connectivity index (χ4n) is 2.46. The molecular formula is C14H27N3. The summed E-state index contributed by atoms with van der Waals surface area (Å²) < 4.78 is 1.92. The van der Waals surface area contributed by atoms with Crippen molar-refractivity contribution in [2.24, 2.45) is 13.0 Å². The van der Waals surface area contributed by atoms with Crippen molar-refractivity contribution in [1.82, 2.24) is 15.1 Å². The third-order valence-electron chi connectivity index (χ3n) is 3.31. The minimum absolute atomic E-state index is 0.448. The first kappa shape index (κ1) is 14.2. The normalized spacial score (nSPS) is 14.9. The summed E-state index contributed by atoms with van der Waals surface area (Å²) in [4.78, 5) is 0. The molecule has 0 aliphatic heterocycles. The van der Waals surface area contributed by atoms with Gasteiger partial charge in [0.25, 0.3) is 0 Å². The fraction of sp³-hybridized carbons (Fsp3) is 0.786. The Morgan fingerprint density at radius 3 is 2.53 bits per heavy atom. The smallest absolute Gasteiger partial charge is 0.0641 e. The molecule has 0 aliphatic rings. The van der Waals surface area contributed by atoms with E-state index < -0.39 is 0 Å². The van der Waals surface area contributed by atoms with E-state index in [9.17, 15) is 0 Å². The molecule has 2 atom stereocenters. The summed E-state index contributed by atoms with van der Waals surface area (Å²) in [5.74, 6) is 0.662. The van der Waals surface area contributed by atoms with E-state index in [0.29, 0.717) is 12.0 Å². The lowest BCUT2D eigenvalue weighted by molar-refractivity contribution is 0.362. The maximum absolute atomic E-state index is 4.46. The van der Waals surface area contributed by atoms with Crippen molar-refractivity contribution in [3.05, 3.63) is 17.5 Å². The molecule has 98 valence electrons. The van der Waals surface area contributed by atoms with Crippen molar-refractivity contribution < 1.29 is 0 Å². The van der Waals surface area contributed by atoms with Gasteiger partial charge in [-0.05, 0) is 32.2 Å². The van der Waals surface area contributed by atoms with Crippen LogP contribution in [0.4, 0.5) is 0 Å². The Kier molecular flexibility index (Phi) is 5.69. The second-order valence-electron chi connectivity index (χ2n) is 5.04. The maximum atomic E-state index is 4.46. The Bertz CT molecular complexity index is 330. The van der Waals surface area contributed by atoms with Gasteiger partial charge in [0.1, 0.15) is 0 Å². The molecular weight excluding hydrogens is 210 g/mol. The minimum Gasteiger partial charge on any atom is -0.310 e. The predicted octanol–water partition coefficient (Wildman–Crippen LogP) is 3.21. The number of hydrogen-bond donors (Lipinski definition) is 1. The van der Waals surface area contributed by atoms with E-state index in [-0.39, 0.29) is 0 Å². The number of rotatable bonds is 7. The second kappa shape index (κ2) is 6.80. The van der Waals surface area contributed by atoms with Crippen LogP contribution >= 0.6 is 0 Å². The molecule has 0 spiro atoms. The van der Waals surface area contributed by atoms with Gasteiger partial charge < -0.3 is 5.32 Å². The molecule has 17 heavy (non-hydrogen) atoms. The number of nitrogens with zero attached hydrogens (tertiary/aromatic N) is 2. The molecule has 0 amide bonds. The zero-order valence-electron chi connectivity index (χ0n) is 12.0. The SMILES string of the molecule is CCCNC(c1cn(C)nc1C)C(C)CCC. The van der Waals surface area contributed by atoms with Crippen LogP contribution in [-0.2, 0) is 7.05 Å². The van der Waals surface area contributed by atoms with E-state index in [1.807, 2.05) is 11.7 Å². The second-order valence-corrected chi connectivity index (χ2v) is 5.04. The summed E-state index contributed by atoms with van der Waals surface area (Å²) >= 11 is 0. The quantitative estimate of drug-likeness (QED) is 0.789. The molecule has 0 bridgehead atoms. The van der Waals surface area contributed by atoms with Crippen LogP contribution in [-0.4, -0.2) is 16.3 Å². The summed E-state index contributed by atoms with van der Waals surface area (Å²) in [6, 6.07) is 0.448. The Balaban J connectivity index is 2.84. The minimum atomic E-state index is 0.448. The van der Waals surface area contributed by atoms with Crippen molar-refractivity contribution in [1.29, 1.82) is 0 Å². The lowest BCUT2D eigenvalue weighted by Gasteiger charge is -2.24. The molecule has 1 aromatic rings. The van der Waals surface area contributed by atoms with Gasteiger partial charge in [-0.3, -0.25) is 4.68 Å². The first-order chi connectivity index (χ1) is 8.10. The largest absolute Gasteiger partial charge is 0.310 e. The van der Waals surface area contributed by atoms with Crippen LogP contribution in [0.5, 0.6) is 0 Å². The molecule has 0 radical (unpaired) electrons. The lowest BCUT2D eigenvalue weighted by Crippen LogP contribution is -2.28. The van der Waals surface area contributed by atoms with E-state index in [1.165, 1.54) is 24.8 Å². The van der Waals surface area contributed by atoms with Crippen LogP contribution < -0.4 is 5.32 Å². The molecule has 0 saturated carbocycles. The molecule has 3 heteroatoms. The molecule has 2 unspecified atom stereocenters. The van der Waals surface area contributed by atoms with Crippen LogP contribution in [0.1, 0.15) is 57.3 Å². The summed E-state index contributed by atoms with van der Waals surface area (Å²) in [7, 11) is 2.00. The molecule has 0 aliphatic carbocycles. The molecule has 3 nitrogen and oxygen atoms in total. The van der Waals surface area contributed by atoms with Gasteiger partial charge in [-0.1, -0.05) is 27.2 Å². The standard InChI is InChI=1S/C14H27N3/c1-6-8-11(3)14(15-9-7-2)13-10-17(5)16-12(13)4/h10-11,14-15H,6-9H2,1-5H3. The van der Waals surface area contributed by atoms with E-state index in [1.54, 1.807) is 0 Å². The summed E-state index contributed by atoms with van der Waals surface area (Å²) in [5, 5.41) is 8.13. The van der Waals surface area contributed by atoms with Gasteiger partial charge in [-0.15, -0.1) is 0 Å². The van der Waals surface area contributed by atoms with Crippen molar-refractivity contribution in [3.63, 3.8) is 0 Å². The maximum Gasteiger partial charge on any atom is 0.0641 e. The molecule has 1 N–H and O–H groups in total. The zero-order valence-corrected chi connectivity index (χ0v) is 12.0. The zero-order chi connectivity index (χ0) is 12.8. The van der Waals surface area contributed by atoms with Gasteiger partial charge in [0, 0.05) is 24.8 Å². The highest BCUT2D eigenvalue weighted by molar-refractivity contribution is 5.20. The van der Waals surface area contributed by atoms with Crippen molar-refractivity contribution in [3.8, 4) is 0 Å². The lowest BCUT2D eigenvalue weighted by atomic mass is 9.91. The average molecular weight is 237 g/mol. The van der Waals surface area contributed by atoms with Crippen LogP contribution in [0, 0.1) is 12.8 Å². The van der Waals surface area contributed by atoms with Crippen LogP contribution in [0.25, 0.3) is 0 Å². The summed E-state index contributed by atoms with van der Waals surface area (Å²) in [6.07, 6.45) is 5.84. The Hall–Kier alpha value is -0.830. The molecule has 1 rings (SSSR count). The van der Waals surface area contributed by atoms with Gasteiger partial charge >= 0.3 is 0 Å². The third-order valence-corrected chi connectivity index (χ3v) is 3.31. The Morgan fingerprint density at radius 1 is 1.35 bits per heavy atom. The highest BCUT2D eigenvalue weighted by atomic mass is 15.3. The van der Waals surface area contributed by atoms with E-state index in [2.05, 4.69) is 44.3 Å². The van der Waals surface area contributed by atoms with Gasteiger partial charge in [0.2, 0.25) is 0 Å². The van der Waals surface area contributed by atoms with Crippen molar-refractivity contribution >= 4 is 0 Å². The molecule has 1 aromatic heterocycles. The molecule has 0 aromatic carbocycles. The number of aromatic nitrogens is 2. The number of hydrogen-bond acceptors (Lipinski definition) is 2. The molecule has 1 heterocycles. The summed E-state index contributed by atoms with van der Waals surface area (Å²) in [5.41, 5.74) is 2.52. The predicted molar refractivity (Wildman–Crippen MR) is 73.1 cm³/mol. The highest BCUT2D eigenvalue weighted by Crippen LogP contribution is 2.27. The first-order valence-electron chi connectivity index (χ1n) is 6.83. The number of aryl methyl sites for hydroxylation is 2. The Morgan fingerprint density at radius 2 is 2.06 bits per heavy atom. The van der Waals surface area contributed by atoms with E-state index in [4.69, 9.17) is 0 Å². The first-order valence-corrected chi connectivity index (χ1v) is 6.83. The topological polar surface area (TPSA) is 29.9 Å². The van der Waals surface area contributed by atoms with Gasteiger partial charge in [-0.25, -0.2) is 0 Å². The van der Waals surface area contributed by atoms with Gasteiger partial charge in [-0.2, -0.15) is 5.10 Å². The van der Waals surface area contributed by atoms with Crippen LogP contribution in [0.2, 0.25) is 0 Å². The van der Waals surface area contributed by atoms with E-state index >= 15 is 0 Å². The third kappa shape index (κ3) is 3.84. The Labute approximate surface area is 106 Å². The van der Waals surface area contributed by atoms with Crippen LogP contribution in [0.3, 0.4) is 0 Å². The molecule has 0 saturated heterocycles. The van der Waals surface area contributed by atoms with Crippen molar-refractivity contribution in [2.45, 2.75) is 53.0 Å². The van der Waals surface area contributed by atoms with Crippen molar-refractivity contribution in [2.75, 3.05) is 6.54 Å². The number of nitrogens with one attached hydrogen (secondary N) is 1.